The summed E-state index contributed by atoms with van der Waals surface area (Å²) in [6, 6.07) is 4.35. The fourth-order valence-corrected chi connectivity index (χ4v) is 1.79. The van der Waals surface area contributed by atoms with E-state index in [1.54, 1.807) is 0 Å². The van der Waals surface area contributed by atoms with Crippen molar-refractivity contribution in [1.29, 1.82) is 0 Å². The summed E-state index contributed by atoms with van der Waals surface area (Å²) in [7, 11) is 0. The highest BCUT2D eigenvalue weighted by Crippen LogP contribution is 2.33. The zero-order valence-corrected chi connectivity index (χ0v) is 9.10. The molecule has 0 heterocycles. The van der Waals surface area contributed by atoms with E-state index in [1.807, 2.05) is 0 Å². The molecule has 1 aromatic carbocycles. The van der Waals surface area contributed by atoms with Crippen LogP contribution < -0.4 is 5.32 Å². The van der Waals surface area contributed by atoms with Crippen LogP contribution in [0.25, 0.3) is 0 Å². The van der Waals surface area contributed by atoms with Gasteiger partial charge in [0.2, 0.25) is 0 Å². The number of amides is 1. The fraction of sp³-hybridized carbons (Fsp3) is 0.417. The number of phenols is 2. The van der Waals surface area contributed by atoms with E-state index in [9.17, 15) is 9.90 Å². The maximum atomic E-state index is 11.7. The summed E-state index contributed by atoms with van der Waals surface area (Å²) in [4.78, 5) is 11.7. The first-order chi connectivity index (χ1) is 7.61. The molecular formula is C12H15NO3. The lowest BCUT2D eigenvalue weighted by Gasteiger charge is -2.05. The monoisotopic (exact) mass is 221 g/mol. The average molecular weight is 221 g/mol. The molecule has 1 aliphatic carbocycles. The molecule has 1 aliphatic rings. The summed E-state index contributed by atoms with van der Waals surface area (Å²) in [5.74, 6) is -0.0872. The first-order valence-corrected chi connectivity index (χ1v) is 5.44. The number of carbonyl (C=O) groups excluding carboxylic acids is 1. The van der Waals surface area contributed by atoms with Crippen molar-refractivity contribution in [2.24, 2.45) is 5.92 Å². The second kappa shape index (κ2) is 4.04. The lowest BCUT2D eigenvalue weighted by molar-refractivity contribution is 0.0948. The first-order valence-electron chi connectivity index (χ1n) is 5.44. The lowest BCUT2D eigenvalue weighted by Crippen LogP contribution is -2.26. The van der Waals surface area contributed by atoms with E-state index < -0.39 is 0 Å². The molecule has 0 radical (unpaired) electrons. The molecule has 2 unspecified atom stereocenters. The molecule has 2 atom stereocenters. The van der Waals surface area contributed by atoms with Crippen molar-refractivity contribution in [3.05, 3.63) is 23.8 Å². The van der Waals surface area contributed by atoms with Gasteiger partial charge >= 0.3 is 0 Å². The Morgan fingerprint density at radius 3 is 2.75 bits per heavy atom. The maximum absolute atomic E-state index is 11.7. The highest BCUT2D eigenvalue weighted by molar-refractivity contribution is 5.95. The summed E-state index contributed by atoms with van der Waals surface area (Å²) in [6.07, 6.45) is 2.11. The van der Waals surface area contributed by atoms with E-state index in [0.29, 0.717) is 11.5 Å². The Hall–Kier alpha value is -1.71. The third-order valence-corrected chi connectivity index (χ3v) is 3.00. The molecule has 0 aliphatic heterocycles. The Balaban J connectivity index is 2.01. The van der Waals surface area contributed by atoms with Gasteiger partial charge in [-0.3, -0.25) is 4.79 Å². The van der Waals surface area contributed by atoms with Crippen LogP contribution in [0.5, 0.6) is 11.5 Å². The zero-order chi connectivity index (χ0) is 11.7. The minimum atomic E-state index is -0.268. The molecular weight excluding hydrogens is 206 g/mol. The van der Waals surface area contributed by atoms with Gasteiger partial charge in [0.05, 0.1) is 0 Å². The van der Waals surface area contributed by atoms with Gasteiger partial charge in [0.15, 0.2) is 11.5 Å². The van der Waals surface area contributed by atoms with Crippen LogP contribution in [0.1, 0.15) is 30.1 Å². The molecule has 0 spiro atoms. The average Bonchev–Trinajstić information content (AvgIpc) is 3.00. The number of aromatic hydroxyl groups is 2. The van der Waals surface area contributed by atoms with Gasteiger partial charge in [-0.15, -0.1) is 0 Å². The number of carbonyl (C=O) groups is 1. The molecule has 2 rings (SSSR count). The Bertz CT molecular complexity index is 417. The molecule has 0 bridgehead atoms. The van der Waals surface area contributed by atoms with E-state index in [-0.39, 0.29) is 23.4 Å². The highest BCUT2D eigenvalue weighted by Gasteiger charge is 2.36. The van der Waals surface area contributed by atoms with Crippen molar-refractivity contribution in [3.8, 4) is 11.5 Å². The van der Waals surface area contributed by atoms with Crippen LogP contribution >= 0.6 is 0 Å². The molecule has 3 N–H and O–H groups in total. The van der Waals surface area contributed by atoms with Gasteiger partial charge in [-0.25, -0.2) is 0 Å². The van der Waals surface area contributed by atoms with Crippen molar-refractivity contribution in [1.82, 2.24) is 5.32 Å². The van der Waals surface area contributed by atoms with Gasteiger partial charge in [0, 0.05) is 11.6 Å². The van der Waals surface area contributed by atoms with Crippen LogP contribution in [0.2, 0.25) is 0 Å². The van der Waals surface area contributed by atoms with Crippen LogP contribution in [-0.4, -0.2) is 22.2 Å². The van der Waals surface area contributed by atoms with E-state index in [1.165, 1.54) is 18.2 Å². The van der Waals surface area contributed by atoms with Gasteiger partial charge in [-0.1, -0.05) is 13.3 Å². The summed E-state index contributed by atoms with van der Waals surface area (Å²) in [6.45, 7) is 2.10. The van der Waals surface area contributed by atoms with Crippen molar-refractivity contribution in [3.63, 3.8) is 0 Å². The van der Waals surface area contributed by atoms with Gasteiger partial charge in [-0.2, -0.15) is 0 Å². The van der Waals surface area contributed by atoms with E-state index in [2.05, 4.69) is 12.2 Å². The quantitative estimate of drug-likeness (QED) is 0.679. The SMILES string of the molecule is CCC1CC1NC(=O)c1ccc(O)c(O)c1. The van der Waals surface area contributed by atoms with Gasteiger partial charge in [0.25, 0.3) is 5.91 Å². The Morgan fingerprint density at radius 2 is 2.19 bits per heavy atom. The van der Waals surface area contributed by atoms with Crippen LogP contribution in [0.3, 0.4) is 0 Å². The zero-order valence-electron chi connectivity index (χ0n) is 9.10. The number of rotatable bonds is 3. The highest BCUT2D eigenvalue weighted by atomic mass is 16.3. The maximum Gasteiger partial charge on any atom is 0.251 e. The molecule has 86 valence electrons. The number of phenolic OH excluding ortho intramolecular Hbond substituents is 2. The topological polar surface area (TPSA) is 69.6 Å². The molecule has 0 saturated heterocycles. The minimum absolute atomic E-state index is 0.198. The van der Waals surface area contributed by atoms with E-state index in [4.69, 9.17) is 5.11 Å². The summed E-state index contributed by atoms with van der Waals surface area (Å²) < 4.78 is 0. The van der Waals surface area contributed by atoms with Crippen LogP contribution in [0.4, 0.5) is 0 Å². The van der Waals surface area contributed by atoms with Crippen molar-refractivity contribution in [2.75, 3.05) is 0 Å². The molecule has 1 fully saturated rings. The second-order valence-electron chi connectivity index (χ2n) is 4.19. The number of benzene rings is 1. The number of hydrogen-bond donors (Lipinski definition) is 3. The van der Waals surface area contributed by atoms with E-state index in [0.717, 1.165) is 12.8 Å². The molecule has 1 saturated carbocycles. The summed E-state index contributed by atoms with van der Waals surface area (Å²) in [5.41, 5.74) is 0.372. The largest absolute Gasteiger partial charge is 0.504 e. The number of hydrogen-bond acceptors (Lipinski definition) is 3. The third-order valence-electron chi connectivity index (χ3n) is 3.00. The predicted molar refractivity (Wildman–Crippen MR) is 59.4 cm³/mol. The Labute approximate surface area is 93.9 Å². The standard InChI is InChI=1S/C12H15NO3/c1-2-7-5-9(7)13-12(16)8-3-4-10(14)11(15)6-8/h3-4,6-7,9,14-15H,2,5H2,1H3,(H,13,16). The predicted octanol–water partition coefficient (Wildman–Crippen LogP) is 1.63. The normalized spacial score (nSPS) is 22.8. The first kappa shape index (κ1) is 10.8. The molecule has 1 aromatic rings. The van der Waals surface area contributed by atoms with Gasteiger partial charge in [-0.05, 0) is 30.5 Å². The Morgan fingerprint density at radius 1 is 1.44 bits per heavy atom. The number of nitrogens with one attached hydrogen (secondary N) is 1. The van der Waals surface area contributed by atoms with Crippen LogP contribution in [0.15, 0.2) is 18.2 Å². The van der Waals surface area contributed by atoms with Crippen molar-refractivity contribution in [2.45, 2.75) is 25.8 Å². The smallest absolute Gasteiger partial charge is 0.251 e. The van der Waals surface area contributed by atoms with Crippen molar-refractivity contribution >= 4 is 5.91 Å². The fourth-order valence-electron chi connectivity index (χ4n) is 1.79. The molecule has 4 nitrogen and oxygen atoms in total. The van der Waals surface area contributed by atoms with E-state index >= 15 is 0 Å². The third kappa shape index (κ3) is 2.10. The lowest BCUT2D eigenvalue weighted by atomic mass is 10.2. The van der Waals surface area contributed by atoms with Crippen molar-refractivity contribution < 1.29 is 15.0 Å². The van der Waals surface area contributed by atoms with Gasteiger partial charge < -0.3 is 15.5 Å². The second-order valence-corrected chi connectivity index (χ2v) is 4.19. The summed E-state index contributed by atoms with van der Waals surface area (Å²) in [5, 5.41) is 21.3. The molecule has 0 aromatic heterocycles. The van der Waals surface area contributed by atoms with Crippen LogP contribution in [0, 0.1) is 5.92 Å². The molecule has 1 amide bonds. The Kier molecular flexibility index (Phi) is 2.73. The van der Waals surface area contributed by atoms with Crippen LogP contribution in [-0.2, 0) is 0 Å². The minimum Gasteiger partial charge on any atom is -0.504 e. The van der Waals surface area contributed by atoms with Gasteiger partial charge in [0.1, 0.15) is 0 Å². The molecule has 16 heavy (non-hydrogen) atoms. The summed E-state index contributed by atoms with van der Waals surface area (Å²) >= 11 is 0. The molecule has 4 heteroatoms.